The molecule has 1 aliphatic carbocycles. The molecule has 0 aromatic heterocycles. The van der Waals surface area contributed by atoms with E-state index in [0.717, 1.165) is 44.1 Å². The Labute approximate surface area is 205 Å². The van der Waals surface area contributed by atoms with Crippen LogP contribution in [0.1, 0.15) is 74.1 Å². The summed E-state index contributed by atoms with van der Waals surface area (Å²) in [6.07, 6.45) is 8.83. The van der Waals surface area contributed by atoms with E-state index in [1.165, 1.54) is 0 Å². The van der Waals surface area contributed by atoms with Crippen LogP contribution < -0.4 is 0 Å². The smallest absolute Gasteiger partial charge is 0.167 e. The lowest BCUT2D eigenvalue weighted by Gasteiger charge is -2.27. The SMILES string of the molecule is CCCc1ccc(C2CCC(/C=C/c3ccc(-c4ccc(CC)cc4)c(F)c3F)CC2)c(F)c1F. The molecule has 0 radical (unpaired) electrons. The second-order valence-electron chi connectivity index (χ2n) is 9.54. The van der Waals surface area contributed by atoms with Gasteiger partial charge >= 0.3 is 0 Å². The molecule has 1 aliphatic rings. The predicted octanol–water partition coefficient (Wildman–Crippen LogP) is 9.41. The minimum atomic E-state index is -0.850. The van der Waals surface area contributed by atoms with Crippen LogP contribution in [0, 0.1) is 29.2 Å². The first-order valence-corrected chi connectivity index (χ1v) is 12.6. The zero-order valence-corrected chi connectivity index (χ0v) is 20.4. The van der Waals surface area contributed by atoms with E-state index >= 15 is 0 Å². The monoisotopic (exact) mass is 480 g/mol. The number of rotatable bonds is 7. The Hall–Kier alpha value is -2.88. The third-order valence-electron chi connectivity index (χ3n) is 7.26. The Morgan fingerprint density at radius 2 is 1.46 bits per heavy atom. The molecule has 0 aliphatic heterocycles. The van der Waals surface area contributed by atoms with E-state index in [0.29, 0.717) is 23.1 Å². The molecule has 0 spiro atoms. The first kappa shape index (κ1) is 25.2. The van der Waals surface area contributed by atoms with Crippen LogP contribution in [0.25, 0.3) is 17.2 Å². The molecule has 0 saturated heterocycles. The lowest BCUT2D eigenvalue weighted by atomic mass is 9.78. The van der Waals surface area contributed by atoms with Gasteiger partial charge in [0, 0.05) is 11.1 Å². The van der Waals surface area contributed by atoms with E-state index in [1.807, 2.05) is 44.2 Å². The molecule has 0 bridgehead atoms. The van der Waals surface area contributed by atoms with Gasteiger partial charge in [0.15, 0.2) is 23.3 Å². The van der Waals surface area contributed by atoms with Crippen LogP contribution >= 0.6 is 0 Å². The highest BCUT2D eigenvalue weighted by Gasteiger charge is 2.25. The largest absolute Gasteiger partial charge is 0.203 e. The van der Waals surface area contributed by atoms with Gasteiger partial charge < -0.3 is 0 Å². The zero-order chi connectivity index (χ0) is 24.9. The highest BCUT2D eigenvalue weighted by atomic mass is 19.2. The fourth-order valence-electron chi connectivity index (χ4n) is 5.08. The van der Waals surface area contributed by atoms with Gasteiger partial charge in [0.2, 0.25) is 0 Å². The Balaban J connectivity index is 1.42. The summed E-state index contributed by atoms with van der Waals surface area (Å²) in [5.41, 5.74) is 3.16. The molecule has 4 rings (SSSR count). The van der Waals surface area contributed by atoms with E-state index in [9.17, 15) is 17.6 Å². The molecular weight excluding hydrogens is 448 g/mol. The van der Waals surface area contributed by atoms with Gasteiger partial charge in [-0.3, -0.25) is 0 Å². The first-order chi connectivity index (χ1) is 16.9. The highest BCUT2D eigenvalue weighted by Crippen LogP contribution is 2.38. The molecule has 0 unspecified atom stereocenters. The van der Waals surface area contributed by atoms with Crippen LogP contribution in [0.4, 0.5) is 17.6 Å². The van der Waals surface area contributed by atoms with Crippen molar-refractivity contribution in [2.45, 2.75) is 64.7 Å². The Morgan fingerprint density at radius 1 is 0.743 bits per heavy atom. The fraction of sp³-hybridized carbons (Fsp3) is 0.355. The molecule has 0 heterocycles. The van der Waals surface area contributed by atoms with Crippen molar-refractivity contribution in [2.24, 2.45) is 5.92 Å². The lowest BCUT2D eigenvalue weighted by molar-refractivity contribution is 0.364. The molecular formula is C31H32F4. The number of allylic oxidation sites excluding steroid dienone is 1. The molecule has 184 valence electrons. The molecule has 3 aromatic rings. The van der Waals surface area contributed by atoms with Crippen molar-refractivity contribution in [1.29, 1.82) is 0 Å². The van der Waals surface area contributed by atoms with Gasteiger partial charge in [0.25, 0.3) is 0 Å². The molecule has 0 atom stereocenters. The van der Waals surface area contributed by atoms with Crippen molar-refractivity contribution in [3.05, 3.63) is 100 Å². The van der Waals surface area contributed by atoms with E-state index < -0.39 is 23.3 Å². The van der Waals surface area contributed by atoms with Crippen molar-refractivity contribution in [3.8, 4) is 11.1 Å². The maximum Gasteiger partial charge on any atom is 0.167 e. The van der Waals surface area contributed by atoms with Gasteiger partial charge in [-0.1, -0.05) is 81.0 Å². The lowest BCUT2D eigenvalue weighted by Crippen LogP contribution is -2.14. The van der Waals surface area contributed by atoms with Crippen molar-refractivity contribution >= 4 is 6.08 Å². The predicted molar refractivity (Wildman–Crippen MR) is 135 cm³/mol. The fourth-order valence-corrected chi connectivity index (χ4v) is 5.08. The quantitative estimate of drug-likeness (QED) is 0.296. The van der Waals surface area contributed by atoms with Crippen LogP contribution in [-0.2, 0) is 12.8 Å². The number of aryl methyl sites for hydroxylation is 2. The van der Waals surface area contributed by atoms with E-state index in [4.69, 9.17) is 0 Å². The third-order valence-corrected chi connectivity index (χ3v) is 7.26. The second-order valence-corrected chi connectivity index (χ2v) is 9.54. The summed E-state index contributed by atoms with van der Waals surface area (Å²) in [5.74, 6) is -2.94. The molecule has 1 fully saturated rings. The Morgan fingerprint density at radius 3 is 2.11 bits per heavy atom. The maximum absolute atomic E-state index is 14.8. The van der Waals surface area contributed by atoms with Crippen LogP contribution in [0.15, 0.2) is 54.6 Å². The minimum Gasteiger partial charge on any atom is -0.203 e. The van der Waals surface area contributed by atoms with Crippen molar-refractivity contribution < 1.29 is 17.6 Å². The Kier molecular flexibility index (Phi) is 8.10. The van der Waals surface area contributed by atoms with Crippen molar-refractivity contribution in [1.82, 2.24) is 0 Å². The average Bonchev–Trinajstić information content (AvgIpc) is 2.88. The van der Waals surface area contributed by atoms with Gasteiger partial charge in [-0.15, -0.1) is 0 Å². The van der Waals surface area contributed by atoms with E-state index in [1.54, 1.807) is 30.3 Å². The number of benzene rings is 3. The number of hydrogen-bond donors (Lipinski definition) is 0. The van der Waals surface area contributed by atoms with Crippen molar-refractivity contribution in [2.75, 3.05) is 0 Å². The standard InChI is InChI=1S/C31H32F4/c1-3-5-24-16-18-26(30(34)28(24)32)23-13-8-21(9-14-23)10-15-25-17-19-27(31(35)29(25)33)22-11-6-20(4-2)7-12-22/h6-7,10-12,15-19,21,23H,3-5,8-9,13-14H2,1-2H3/b15-10+. The summed E-state index contributed by atoms with van der Waals surface area (Å²) in [7, 11) is 0. The molecule has 0 nitrogen and oxygen atoms in total. The molecule has 0 N–H and O–H groups in total. The van der Waals surface area contributed by atoms with Crippen molar-refractivity contribution in [3.63, 3.8) is 0 Å². The van der Waals surface area contributed by atoms with Crippen LogP contribution in [-0.4, -0.2) is 0 Å². The zero-order valence-electron chi connectivity index (χ0n) is 20.4. The topological polar surface area (TPSA) is 0 Å². The summed E-state index contributed by atoms with van der Waals surface area (Å²) in [5, 5.41) is 0. The second kappa shape index (κ2) is 11.2. The van der Waals surface area contributed by atoms with E-state index in [-0.39, 0.29) is 23.0 Å². The van der Waals surface area contributed by atoms with Gasteiger partial charge in [0.05, 0.1) is 0 Å². The summed E-state index contributed by atoms with van der Waals surface area (Å²) in [4.78, 5) is 0. The van der Waals surface area contributed by atoms with Crippen LogP contribution in [0.3, 0.4) is 0 Å². The Bertz CT molecular complexity index is 1190. The summed E-state index contributed by atoms with van der Waals surface area (Å²) < 4.78 is 58.6. The maximum atomic E-state index is 14.8. The summed E-state index contributed by atoms with van der Waals surface area (Å²) >= 11 is 0. The normalized spacial score (nSPS) is 18.3. The summed E-state index contributed by atoms with van der Waals surface area (Å²) in [6.45, 7) is 3.99. The third kappa shape index (κ3) is 5.52. The average molecular weight is 481 g/mol. The van der Waals surface area contributed by atoms with Gasteiger partial charge in [-0.25, -0.2) is 17.6 Å². The molecule has 3 aromatic carbocycles. The molecule has 0 amide bonds. The first-order valence-electron chi connectivity index (χ1n) is 12.6. The van der Waals surface area contributed by atoms with Crippen LogP contribution in [0.2, 0.25) is 0 Å². The van der Waals surface area contributed by atoms with Crippen LogP contribution in [0.5, 0.6) is 0 Å². The number of halogens is 4. The molecule has 4 heteroatoms. The molecule has 35 heavy (non-hydrogen) atoms. The number of hydrogen-bond acceptors (Lipinski definition) is 0. The molecule has 1 saturated carbocycles. The van der Waals surface area contributed by atoms with Gasteiger partial charge in [-0.2, -0.15) is 0 Å². The highest BCUT2D eigenvalue weighted by molar-refractivity contribution is 5.67. The minimum absolute atomic E-state index is 0.0163. The van der Waals surface area contributed by atoms with Gasteiger partial charge in [-0.05, 0) is 72.6 Å². The van der Waals surface area contributed by atoms with E-state index in [2.05, 4.69) is 0 Å². The summed E-state index contributed by atoms with van der Waals surface area (Å²) in [6, 6.07) is 14.2. The van der Waals surface area contributed by atoms with Gasteiger partial charge in [0.1, 0.15) is 0 Å².